The van der Waals surface area contributed by atoms with Crippen molar-refractivity contribution in [1.29, 1.82) is 0 Å². The van der Waals surface area contributed by atoms with Crippen LogP contribution in [0.15, 0.2) is 47.0 Å². The Hall–Kier alpha value is -3.33. The molecule has 3 heterocycles. The third-order valence-electron chi connectivity index (χ3n) is 6.07. The Labute approximate surface area is 193 Å². The molecule has 0 aliphatic carbocycles. The molecule has 2 aromatic heterocycles. The van der Waals surface area contributed by atoms with Gasteiger partial charge in [0, 0.05) is 37.0 Å². The number of hydrogen-bond donors (Lipinski definition) is 3. The summed E-state index contributed by atoms with van der Waals surface area (Å²) in [5.74, 6) is -0.739. The van der Waals surface area contributed by atoms with Crippen LogP contribution in [0.1, 0.15) is 34.5 Å². The lowest BCUT2D eigenvalue weighted by Gasteiger charge is -2.32. The van der Waals surface area contributed by atoms with Crippen LogP contribution in [0.2, 0.25) is 5.02 Å². The van der Waals surface area contributed by atoms with E-state index in [4.69, 9.17) is 25.6 Å². The van der Waals surface area contributed by atoms with E-state index in [1.165, 1.54) is 13.2 Å². The van der Waals surface area contributed by atoms with Crippen LogP contribution < -0.4 is 4.74 Å². The minimum atomic E-state index is -0.908. The Morgan fingerprint density at radius 1 is 1.18 bits per heavy atom. The van der Waals surface area contributed by atoms with E-state index in [-0.39, 0.29) is 23.1 Å². The van der Waals surface area contributed by atoms with Crippen LogP contribution in [0.4, 0.5) is 0 Å². The number of halogens is 1. The maximum atomic E-state index is 13.0. The molecule has 0 spiro atoms. The average molecular weight is 469 g/mol. The number of aromatic amines is 1. The Morgan fingerprint density at radius 3 is 2.58 bits per heavy atom. The molecule has 0 bridgehead atoms. The number of fused-ring (bicyclic) bond motifs is 1. The number of aromatic nitrogens is 2. The van der Waals surface area contributed by atoms with Crippen LogP contribution in [0, 0.1) is 0 Å². The summed E-state index contributed by atoms with van der Waals surface area (Å²) in [6.07, 6.45) is 1.08. The van der Waals surface area contributed by atoms with E-state index in [0.717, 1.165) is 11.1 Å². The number of carbonyl (C=O) groups is 1. The summed E-state index contributed by atoms with van der Waals surface area (Å²) in [6, 6.07) is 12.3. The Balaban J connectivity index is 1.55. The SMILES string of the molecule is COc1cc(C(=O)c2c(O)[nH]c3cc(Cl)c(-c4ccc(C5(O)CCOCC5)cc4)cc23)on1. The lowest BCUT2D eigenvalue weighted by Crippen LogP contribution is -2.33. The van der Waals surface area contributed by atoms with Crippen molar-refractivity contribution in [2.75, 3.05) is 20.3 Å². The Kier molecular flexibility index (Phi) is 5.36. The zero-order chi connectivity index (χ0) is 23.2. The van der Waals surface area contributed by atoms with Gasteiger partial charge in [0.2, 0.25) is 17.4 Å². The van der Waals surface area contributed by atoms with E-state index in [0.29, 0.717) is 47.5 Å². The van der Waals surface area contributed by atoms with Gasteiger partial charge in [0.05, 0.1) is 34.9 Å². The highest BCUT2D eigenvalue weighted by molar-refractivity contribution is 6.34. The van der Waals surface area contributed by atoms with Gasteiger partial charge in [-0.3, -0.25) is 4.79 Å². The Morgan fingerprint density at radius 2 is 1.91 bits per heavy atom. The smallest absolute Gasteiger partial charge is 0.254 e. The molecule has 5 rings (SSSR count). The molecule has 4 aromatic rings. The summed E-state index contributed by atoms with van der Waals surface area (Å²) in [5.41, 5.74) is 1.95. The number of rotatable bonds is 5. The molecule has 0 radical (unpaired) electrons. The predicted molar refractivity (Wildman–Crippen MR) is 121 cm³/mol. The van der Waals surface area contributed by atoms with Crippen LogP contribution >= 0.6 is 11.6 Å². The molecule has 0 unspecified atom stereocenters. The monoisotopic (exact) mass is 468 g/mol. The molecule has 2 aromatic carbocycles. The van der Waals surface area contributed by atoms with Gasteiger partial charge in [-0.1, -0.05) is 35.9 Å². The number of ether oxygens (including phenoxy) is 2. The van der Waals surface area contributed by atoms with E-state index >= 15 is 0 Å². The van der Waals surface area contributed by atoms with E-state index in [9.17, 15) is 15.0 Å². The molecule has 1 saturated heterocycles. The van der Waals surface area contributed by atoms with E-state index in [1.54, 1.807) is 12.1 Å². The van der Waals surface area contributed by atoms with Crippen molar-refractivity contribution in [2.45, 2.75) is 18.4 Å². The second-order valence-electron chi connectivity index (χ2n) is 8.01. The number of H-pyrrole nitrogens is 1. The minimum Gasteiger partial charge on any atom is -0.494 e. The first-order chi connectivity index (χ1) is 15.9. The van der Waals surface area contributed by atoms with Crippen molar-refractivity contribution in [1.82, 2.24) is 10.1 Å². The summed E-state index contributed by atoms with van der Waals surface area (Å²) in [7, 11) is 1.41. The molecule has 0 saturated carbocycles. The third-order valence-corrected chi connectivity index (χ3v) is 6.38. The van der Waals surface area contributed by atoms with Crippen molar-refractivity contribution in [3.05, 3.63) is 64.4 Å². The summed E-state index contributed by atoms with van der Waals surface area (Å²) in [5, 5.41) is 25.9. The number of methoxy groups -OCH3 is 1. The van der Waals surface area contributed by atoms with Gasteiger partial charge in [-0.25, -0.2) is 0 Å². The third kappa shape index (κ3) is 3.76. The van der Waals surface area contributed by atoms with E-state index < -0.39 is 11.4 Å². The van der Waals surface area contributed by atoms with E-state index in [1.807, 2.05) is 24.3 Å². The fraction of sp³-hybridized carbons (Fsp3) is 0.250. The molecule has 9 heteroatoms. The number of carbonyl (C=O) groups excluding carboxylic acids is 1. The molecule has 33 heavy (non-hydrogen) atoms. The van der Waals surface area contributed by atoms with Crippen LogP contribution in [0.5, 0.6) is 11.8 Å². The molecule has 3 N–H and O–H groups in total. The van der Waals surface area contributed by atoms with Gasteiger partial charge >= 0.3 is 0 Å². The van der Waals surface area contributed by atoms with Crippen LogP contribution in [-0.4, -0.2) is 46.5 Å². The largest absolute Gasteiger partial charge is 0.494 e. The number of ketones is 1. The van der Waals surface area contributed by atoms with Gasteiger partial charge in [-0.2, -0.15) is 0 Å². The first-order valence-corrected chi connectivity index (χ1v) is 10.8. The molecule has 0 amide bonds. The number of aliphatic hydroxyl groups is 1. The fourth-order valence-corrected chi connectivity index (χ4v) is 4.47. The summed E-state index contributed by atoms with van der Waals surface area (Å²) >= 11 is 6.54. The number of aromatic hydroxyl groups is 1. The maximum Gasteiger partial charge on any atom is 0.254 e. The fourth-order valence-electron chi connectivity index (χ4n) is 4.20. The molecule has 1 fully saturated rings. The second-order valence-corrected chi connectivity index (χ2v) is 8.42. The van der Waals surface area contributed by atoms with Gasteiger partial charge in [0.1, 0.15) is 0 Å². The zero-order valence-electron chi connectivity index (χ0n) is 17.7. The second kappa shape index (κ2) is 8.22. The van der Waals surface area contributed by atoms with Crippen molar-refractivity contribution in [2.24, 2.45) is 0 Å². The van der Waals surface area contributed by atoms with E-state index in [2.05, 4.69) is 10.1 Å². The quantitative estimate of drug-likeness (QED) is 0.371. The maximum absolute atomic E-state index is 13.0. The van der Waals surface area contributed by atoms with Gasteiger partial charge in [0.25, 0.3) is 5.88 Å². The van der Waals surface area contributed by atoms with Crippen LogP contribution in [0.25, 0.3) is 22.0 Å². The summed E-state index contributed by atoms with van der Waals surface area (Å²) in [6.45, 7) is 1.04. The van der Waals surface area contributed by atoms with Crippen molar-refractivity contribution >= 4 is 28.3 Å². The average Bonchev–Trinajstić information content (AvgIpc) is 3.42. The normalized spacial score (nSPS) is 15.6. The van der Waals surface area contributed by atoms with Crippen molar-refractivity contribution < 1.29 is 29.0 Å². The zero-order valence-corrected chi connectivity index (χ0v) is 18.5. The van der Waals surface area contributed by atoms with Crippen molar-refractivity contribution in [3.63, 3.8) is 0 Å². The first kappa shape index (κ1) is 21.5. The molecule has 1 aliphatic heterocycles. The lowest BCUT2D eigenvalue weighted by atomic mass is 9.85. The molecule has 170 valence electrons. The molecular formula is C24H21ClN2O6. The first-order valence-electron chi connectivity index (χ1n) is 10.4. The van der Waals surface area contributed by atoms with Gasteiger partial charge in [0.15, 0.2) is 0 Å². The number of nitrogens with one attached hydrogen (secondary N) is 1. The lowest BCUT2D eigenvalue weighted by molar-refractivity contribution is -0.0679. The summed E-state index contributed by atoms with van der Waals surface area (Å²) < 4.78 is 15.4. The number of benzene rings is 2. The van der Waals surface area contributed by atoms with Gasteiger partial charge < -0.3 is 29.2 Å². The molecule has 8 nitrogen and oxygen atoms in total. The topological polar surface area (TPSA) is 118 Å². The van der Waals surface area contributed by atoms with Gasteiger partial charge in [-0.05, 0) is 28.4 Å². The van der Waals surface area contributed by atoms with Gasteiger partial charge in [-0.15, -0.1) is 0 Å². The van der Waals surface area contributed by atoms with Crippen LogP contribution in [0.3, 0.4) is 0 Å². The standard InChI is InChI=1S/C24H21ClN2O6/c1-31-20-12-19(33-27-20)22(28)21-16-10-15(17(25)11-18(16)26-23(21)29)13-2-4-14(5-3-13)24(30)6-8-32-9-7-24/h2-5,10-12,26,29-30H,6-9H2,1H3. The summed E-state index contributed by atoms with van der Waals surface area (Å²) in [4.78, 5) is 15.8. The molecule has 0 atom stereocenters. The number of nitrogens with zero attached hydrogens (tertiary/aromatic N) is 1. The van der Waals surface area contributed by atoms with Crippen molar-refractivity contribution in [3.8, 4) is 22.9 Å². The minimum absolute atomic E-state index is 0.0508. The predicted octanol–water partition coefficient (Wildman–Crippen LogP) is 4.42. The molecule has 1 aliphatic rings. The number of hydrogen-bond acceptors (Lipinski definition) is 7. The molecular weight excluding hydrogens is 448 g/mol. The van der Waals surface area contributed by atoms with Crippen LogP contribution in [-0.2, 0) is 10.3 Å². The highest BCUT2D eigenvalue weighted by Gasteiger charge is 2.31. The Bertz CT molecular complexity index is 1340. The highest BCUT2D eigenvalue weighted by atomic mass is 35.5. The highest BCUT2D eigenvalue weighted by Crippen LogP contribution is 2.39.